The summed E-state index contributed by atoms with van der Waals surface area (Å²) in [4.78, 5) is 14.8. The standard InChI is InChI=1S/C21H21Cl2N3O/c22-19-6-3-16(13-20(19)23)14-26-11-8-17(9-12-26)21(27)25-18-4-1-15(2-5-18)7-10-24/h1-6,13,17H,7-9,11-12,14H2,(H,25,27). The molecule has 0 atom stereocenters. The van der Waals surface area contributed by atoms with Crippen LogP contribution in [-0.4, -0.2) is 23.9 Å². The van der Waals surface area contributed by atoms with E-state index < -0.39 is 0 Å². The van der Waals surface area contributed by atoms with Crippen molar-refractivity contribution in [3.63, 3.8) is 0 Å². The Bertz CT molecular complexity index is 837. The molecule has 1 heterocycles. The SMILES string of the molecule is N#CCc1ccc(NC(=O)C2CCN(Cc3ccc(Cl)c(Cl)c3)CC2)cc1. The molecule has 27 heavy (non-hydrogen) atoms. The average Bonchev–Trinajstić information content (AvgIpc) is 2.67. The third kappa shape index (κ3) is 5.46. The van der Waals surface area contributed by atoms with E-state index in [1.807, 2.05) is 42.5 Å². The van der Waals surface area contributed by atoms with Gasteiger partial charge in [0.25, 0.3) is 0 Å². The summed E-state index contributed by atoms with van der Waals surface area (Å²) in [6, 6.07) is 15.3. The summed E-state index contributed by atoms with van der Waals surface area (Å²) in [6.07, 6.45) is 2.05. The summed E-state index contributed by atoms with van der Waals surface area (Å²) >= 11 is 12.0. The van der Waals surface area contributed by atoms with Crippen LogP contribution in [-0.2, 0) is 17.8 Å². The molecule has 6 heteroatoms. The fourth-order valence-corrected chi connectivity index (χ4v) is 3.61. The van der Waals surface area contributed by atoms with Gasteiger partial charge in [-0.15, -0.1) is 0 Å². The number of nitriles is 1. The Hall–Kier alpha value is -2.06. The summed E-state index contributed by atoms with van der Waals surface area (Å²) in [6.45, 7) is 2.56. The van der Waals surface area contributed by atoms with Crippen molar-refractivity contribution in [2.45, 2.75) is 25.8 Å². The van der Waals surface area contributed by atoms with Crippen LogP contribution in [0.15, 0.2) is 42.5 Å². The third-order valence-corrected chi connectivity index (χ3v) is 5.59. The van der Waals surface area contributed by atoms with Crippen LogP contribution >= 0.6 is 23.2 Å². The van der Waals surface area contributed by atoms with Crippen LogP contribution in [0, 0.1) is 17.2 Å². The summed E-state index contributed by atoms with van der Waals surface area (Å²) < 4.78 is 0. The van der Waals surface area contributed by atoms with E-state index in [2.05, 4.69) is 16.3 Å². The van der Waals surface area contributed by atoms with E-state index >= 15 is 0 Å². The minimum atomic E-state index is 0.0221. The Morgan fingerprint density at radius 2 is 1.74 bits per heavy atom. The first-order valence-corrected chi connectivity index (χ1v) is 9.74. The van der Waals surface area contributed by atoms with Crippen LogP contribution in [0.1, 0.15) is 24.0 Å². The summed E-state index contributed by atoms with van der Waals surface area (Å²) in [5.41, 5.74) is 2.86. The smallest absolute Gasteiger partial charge is 0.227 e. The van der Waals surface area contributed by atoms with Crippen molar-refractivity contribution >= 4 is 34.8 Å². The first-order chi connectivity index (χ1) is 13.0. The molecule has 0 aromatic heterocycles. The molecule has 2 aromatic rings. The number of halogens is 2. The van der Waals surface area contributed by atoms with E-state index in [-0.39, 0.29) is 11.8 Å². The van der Waals surface area contributed by atoms with Gasteiger partial charge in [-0.3, -0.25) is 9.69 Å². The molecular weight excluding hydrogens is 381 g/mol. The monoisotopic (exact) mass is 401 g/mol. The van der Waals surface area contributed by atoms with Crippen molar-refractivity contribution in [1.29, 1.82) is 5.26 Å². The van der Waals surface area contributed by atoms with Gasteiger partial charge in [0.15, 0.2) is 0 Å². The van der Waals surface area contributed by atoms with E-state index in [0.717, 1.165) is 49.3 Å². The number of amides is 1. The van der Waals surface area contributed by atoms with E-state index in [1.54, 1.807) is 0 Å². The van der Waals surface area contributed by atoms with Crippen LogP contribution in [0.4, 0.5) is 5.69 Å². The molecule has 1 N–H and O–H groups in total. The average molecular weight is 402 g/mol. The van der Waals surface area contributed by atoms with Gasteiger partial charge < -0.3 is 5.32 Å². The minimum Gasteiger partial charge on any atom is -0.326 e. The highest BCUT2D eigenvalue weighted by Crippen LogP contribution is 2.25. The van der Waals surface area contributed by atoms with Gasteiger partial charge in [0.05, 0.1) is 22.5 Å². The topological polar surface area (TPSA) is 56.1 Å². The van der Waals surface area contributed by atoms with Gasteiger partial charge in [0, 0.05) is 18.2 Å². The third-order valence-electron chi connectivity index (χ3n) is 4.85. The van der Waals surface area contributed by atoms with Crippen LogP contribution < -0.4 is 5.32 Å². The summed E-state index contributed by atoms with van der Waals surface area (Å²) in [5, 5.41) is 12.8. The highest BCUT2D eigenvalue weighted by Gasteiger charge is 2.25. The second kappa shape index (κ2) is 9.23. The zero-order valence-corrected chi connectivity index (χ0v) is 16.4. The first kappa shape index (κ1) is 19.7. The zero-order valence-electron chi connectivity index (χ0n) is 14.9. The van der Waals surface area contributed by atoms with E-state index in [4.69, 9.17) is 28.5 Å². The molecule has 1 fully saturated rings. The Kier molecular flexibility index (Phi) is 6.73. The number of likely N-dealkylation sites (tertiary alicyclic amines) is 1. The molecule has 1 aliphatic heterocycles. The number of carbonyl (C=O) groups is 1. The lowest BCUT2D eigenvalue weighted by molar-refractivity contribution is -0.121. The Morgan fingerprint density at radius 3 is 2.37 bits per heavy atom. The number of piperidine rings is 1. The lowest BCUT2D eigenvalue weighted by atomic mass is 9.95. The molecule has 2 aromatic carbocycles. The summed E-state index contributed by atoms with van der Waals surface area (Å²) in [5.74, 6) is 0.0889. The number of nitrogens with one attached hydrogen (secondary N) is 1. The van der Waals surface area contributed by atoms with E-state index in [9.17, 15) is 4.79 Å². The first-order valence-electron chi connectivity index (χ1n) is 8.98. The van der Waals surface area contributed by atoms with Crippen LogP contribution in [0.3, 0.4) is 0 Å². The summed E-state index contributed by atoms with van der Waals surface area (Å²) in [7, 11) is 0. The fourth-order valence-electron chi connectivity index (χ4n) is 3.29. The minimum absolute atomic E-state index is 0.0221. The molecule has 1 saturated heterocycles. The number of anilines is 1. The quantitative estimate of drug-likeness (QED) is 0.773. The Balaban J connectivity index is 1.48. The second-order valence-corrected chi connectivity index (χ2v) is 7.63. The Morgan fingerprint density at radius 1 is 1.07 bits per heavy atom. The van der Waals surface area contributed by atoms with E-state index in [0.29, 0.717) is 16.5 Å². The van der Waals surface area contributed by atoms with Crippen molar-refractivity contribution in [3.05, 3.63) is 63.6 Å². The number of nitrogens with zero attached hydrogens (tertiary/aromatic N) is 2. The van der Waals surface area contributed by atoms with Gasteiger partial charge in [0.2, 0.25) is 5.91 Å². The predicted molar refractivity (Wildman–Crippen MR) is 109 cm³/mol. The molecule has 0 unspecified atom stereocenters. The molecule has 0 spiro atoms. The molecule has 0 aliphatic carbocycles. The molecule has 140 valence electrons. The zero-order chi connectivity index (χ0) is 19.2. The number of hydrogen-bond donors (Lipinski definition) is 1. The van der Waals surface area contributed by atoms with Crippen LogP contribution in [0.2, 0.25) is 10.0 Å². The van der Waals surface area contributed by atoms with Crippen LogP contribution in [0.5, 0.6) is 0 Å². The number of hydrogen-bond acceptors (Lipinski definition) is 3. The fraction of sp³-hybridized carbons (Fsp3) is 0.333. The lowest BCUT2D eigenvalue weighted by Crippen LogP contribution is -2.37. The van der Waals surface area contributed by atoms with Gasteiger partial charge >= 0.3 is 0 Å². The van der Waals surface area contributed by atoms with Crippen LogP contribution in [0.25, 0.3) is 0 Å². The normalized spacial score (nSPS) is 15.3. The molecule has 0 radical (unpaired) electrons. The lowest BCUT2D eigenvalue weighted by Gasteiger charge is -2.31. The molecule has 4 nitrogen and oxygen atoms in total. The second-order valence-electron chi connectivity index (χ2n) is 6.82. The van der Waals surface area contributed by atoms with Gasteiger partial charge in [-0.1, -0.05) is 41.4 Å². The molecule has 1 aliphatic rings. The number of rotatable bonds is 5. The van der Waals surface area contributed by atoms with Gasteiger partial charge in [-0.2, -0.15) is 5.26 Å². The maximum Gasteiger partial charge on any atom is 0.227 e. The van der Waals surface area contributed by atoms with Crippen molar-refractivity contribution in [1.82, 2.24) is 4.90 Å². The van der Waals surface area contributed by atoms with Crippen molar-refractivity contribution < 1.29 is 4.79 Å². The highest BCUT2D eigenvalue weighted by atomic mass is 35.5. The molecule has 0 saturated carbocycles. The molecule has 3 rings (SSSR count). The number of carbonyl (C=O) groups excluding carboxylic acids is 1. The van der Waals surface area contributed by atoms with Crippen molar-refractivity contribution in [2.24, 2.45) is 5.92 Å². The largest absolute Gasteiger partial charge is 0.326 e. The molecular formula is C21H21Cl2N3O. The van der Waals surface area contributed by atoms with Crippen molar-refractivity contribution in [3.8, 4) is 6.07 Å². The number of benzene rings is 2. The predicted octanol–water partition coefficient (Wildman–Crippen LogP) is 4.91. The molecule has 1 amide bonds. The molecule has 0 bridgehead atoms. The van der Waals surface area contributed by atoms with Gasteiger partial charge in [-0.05, 0) is 61.3 Å². The van der Waals surface area contributed by atoms with Gasteiger partial charge in [-0.25, -0.2) is 0 Å². The van der Waals surface area contributed by atoms with Crippen molar-refractivity contribution in [2.75, 3.05) is 18.4 Å². The highest BCUT2D eigenvalue weighted by molar-refractivity contribution is 6.42. The maximum absolute atomic E-state index is 12.5. The van der Waals surface area contributed by atoms with Gasteiger partial charge in [0.1, 0.15) is 0 Å². The van der Waals surface area contributed by atoms with E-state index in [1.165, 1.54) is 0 Å². The maximum atomic E-state index is 12.5. The Labute approximate surface area is 169 Å².